The lowest BCUT2D eigenvalue weighted by molar-refractivity contribution is 0.194. The minimum absolute atomic E-state index is 0.133. The van der Waals surface area contributed by atoms with E-state index < -0.39 is 17.7 Å². The van der Waals surface area contributed by atoms with Crippen molar-refractivity contribution in [3.8, 4) is 0 Å². The summed E-state index contributed by atoms with van der Waals surface area (Å²) in [4.78, 5) is 0. The Kier molecular flexibility index (Phi) is 2.43. The molecule has 0 aromatic heterocycles. The zero-order chi connectivity index (χ0) is 9.30. The van der Waals surface area contributed by atoms with Gasteiger partial charge in [-0.3, -0.25) is 0 Å². The number of aryl methyl sites for hydroxylation is 1. The van der Waals surface area contributed by atoms with Crippen LogP contribution in [0, 0.1) is 18.6 Å². The second-order valence-corrected chi connectivity index (χ2v) is 2.80. The first-order chi connectivity index (χ1) is 5.52. The van der Waals surface area contributed by atoms with Crippen molar-refractivity contribution in [2.24, 2.45) is 0 Å². The van der Waals surface area contributed by atoms with Crippen LogP contribution in [0.3, 0.4) is 0 Å². The number of rotatable bonds is 1. The van der Waals surface area contributed by atoms with E-state index in [0.717, 1.165) is 6.07 Å². The van der Waals surface area contributed by atoms with Crippen LogP contribution in [-0.4, -0.2) is 5.11 Å². The van der Waals surface area contributed by atoms with Gasteiger partial charge in [-0.25, -0.2) is 8.78 Å². The van der Waals surface area contributed by atoms with Crippen molar-refractivity contribution in [1.29, 1.82) is 0 Å². The molecule has 1 rings (SSSR count). The third-order valence-corrected chi connectivity index (χ3v) is 1.73. The summed E-state index contributed by atoms with van der Waals surface area (Å²) < 4.78 is 25.6. The van der Waals surface area contributed by atoms with E-state index in [1.54, 1.807) is 0 Å². The maximum Gasteiger partial charge on any atom is 0.131 e. The van der Waals surface area contributed by atoms with Crippen molar-refractivity contribution in [2.45, 2.75) is 20.0 Å². The van der Waals surface area contributed by atoms with E-state index in [0.29, 0.717) is 5.56 Å². The molecule has 0 bridgehead atoms. The van der Waals surface area contributed by atoms with E-state index in [1.807, 2.05) is 0 Å². The number of halogens is 2. The highest BCUT2D eigenvalue weighted by molar-refractivity contribution is 5.26. The molecule has 0 amide bonds. The number of aliphatic hydroxyl groups excluding tert-OH is 1. The summed E-state index contributed by atoms with van der Waals surface area (Å²) in [5.41, 5.74) is 0.473. The molecule has 0 fully saturated rings. The average Bonchev–Trinajstić information content (AvgIpc) is 1.96. The van der Waals surface area contributed by atoms with Crippen LogP contribution in [0.1, 0.15) is 24.2 Å². The second kappa shape index (κ2) is 3.19. The van der Waals surface area contributed by atoms with Crippen molar-refractivity contribution in [3.05, 3.63) is 34.9 Å². The predicted molar refractivity (Wildman–Crippen MR) is 41.7 cm³/mol. The molecular formula is C9H10F2O. The Bertz CT molecular complexity index is 295. The smallest absolute Gasteiger partial charge is 0.131 e. The first-order valence-corrected chi connectivity index (χ1v) is 3.66. The fourth-order valence-corrected chi connectivity index (χ4v) is 1.000. The Morgan fingerprint density at radius 3 is 2.33 bits per heavy atom. The Morgan fingerprint density at radius 1 is 1.25 bits per heavy atom. The molecule has 1 aromatic carbocycles. The molecule has 0 saturated heterocycles. The third kappa shape index (κ3) is 1.61. The summed E-state index contributed by atoms with van der Waals surface area (Å²) in [6.07, 6.45) is -0.899. The van der Waals surface area contributed by atoms with E-state index in [-0.39, 0.29) is 5.56 Å². The first-order valence-electron chi connectivity index (χ1n) is 3.66. The highest BCUT2D eigenvalue weighted by Crippen LogP contribution is 2.19. The fraction of sp³-hybridized carbons (Fsp3) is 0.333. The summed E-state index contributed by atoms with van der Waals surface area (Å²) in [6.45, 7) is 2.97. The molecule has 12 heavy (non-hydrogen) atoms. The van der Waals surface area contributed by atoms with Crippen LogP contribution in [0.2, 0.25) is 0 Å². The molecule has 0 saturated carbocycles. The van der Waals surface area contributed by atoms with Gasteiger partial charge >= 0.3 is 0 Å². The van der Waals surface area contributed by atoms with Crippen LogP contribution < -0.4 is 0 Å². The summed E-state index contributed by atoms with van der Waals surface area (Å²) in [5.74, 6) is -1.29. The number of aliphatic hydroxyl groups is 1. The maximum atomic E-state index is 12.9. The Labute approximate surface area is 69.7 Å². The molecule has 66 valence electrons. The SMILES string of the molecule is Cc1cc([C@H](C)O)c(F)cc1F. The van der Waals surface area contributed by atoms with Crippen LogP contribution in [0.5, 0.6) is 0 Å². The van der Waals surface area contributed by atoms with Gasteiger partial charge in [0.2, 0.25) is 0 Å². The van der Waals surface area contributed by atoms with Gasteiger partial charge in [-0.05, 0) is 25.5 Å². The number of hydrogen-bond acceptors (Lipinski definition) is 1. The van der Waals surface area contributed by atoms with Gasteiger partial charge in [-0.2, -0.15) is 0 Å². The molecule has 0 spiro atoms. The van der Waals surface area contributed by atoms with Crippen LogP contribution in [-0.2, 0) is 0 Å². The minimum Gasteiger partial charge on any atom is -0.389 e. The van der Waals surface area contributed by atoms with Crippen molar-refractivity contribution >= 4 is 0 Å². The molecule has 0 unspecified atom stereocenters. The summed E-state index contributed by atoms with van der Waals surface area (Å²) >= 11 is 0. The Hall–Kier alpha value is -0.960. The van der Waals surface area contributed by atoms with Crippen molar-refractivity contribution < 1.29 is 13.9 Å². The second-order valence-electron chi connectivity index (χ2n) is 2.80. The highest BCUT2D eigenvalue weighted by Gasteiger charge is 2.10. The van der Waals surface area contributed by atoms with Gasteiger partial charge in [0, 0.05) is 11.6 Å². The van der Waals surface area contributed by atoms with Gasteiger partial charge in [0.05, 0.1) is 6.10 Å². The maximum absolute atomic E-state index is 12.9. The van der Waals surface area contributed by atoms with E-state index in [4.69, 9.17) is 5.11 Å². The molecule has 0 aliphatic rings. The van der Waals surface area contributed by atoms with Crippen LogP contribution in [0.25, 0.3) is 0 Å². The van der Waals surface area contributed by atoms with Gasteiger partial charge in [-0.1, -0.05) is 0 Å². The largest absolute Gasteiger partial charge is 0.389 e. The summed E-state index contributed by atoms with van der Waals surface area (Å²) in [7, 11) is 0. The lowest BCUT2D eigenvalue weighted by Gasteiger charge is -2.07. The van der Waals surface area contributed by atoms with Gasteiger partial charge in [0.25, 0.3) is 0 Å². The first kappa shape index (κ1) is 9.13. The Balaban J connectivity index is 3.23. The molecular weight excluding hydrogens is 162 g/mol. The molecule has 0 aliphatic heterocycles. The molecule has 1 nitrogen and oxygen atoms in total. The molecule has 3 heteroatoms. The van der Waals surface area contributed by atoms with Gasteiger partial charge in [0.15, 0.2) is 0 Å². The van der Waals surface area contributed by atoms with E-state index in [9.17, 15) is 8.78 Å². The van der Waals surface area contributed by atoms with Crippen molar-refractivity contribution in [1.82, 2.24) is 0 Å². The monoisotopic (exact) mass is 172 g/mol. The van der Waals surface area contributed by atoms with E-state index >= 15 is 0 Å². The van der Waals surface area contributed by atoms with Gasteiger partial charge in [0.1, 0.15) is 11.6 Å². The summed E-state index contributed by atoms with van der Waals surface area (Å²) in [5, 5.41) is 9.06. The summed E-state index contributed by atoms with van der Waals surface area (Å²) in [6, 6.07) is 2.10. The predicted octanol–water partition coefficient (Wildman–Crippen LogP) is 2.33. The third-order valence-electron chi connectivity index (χ3n) is 1.73. The van der Waals surface area contributed by atoms with Gasteiger partial charge < -0.3 is 5.11 Å². The van der Waals surface area contributed by atoms with Crippen molar-refractivity contribution in [3.63, 3.8) is 0 Å². The lowest BCUT2D eigenvalue weighted by Crippen LogP contribution is -1.98. The highest BCUT2D eigenvalue weighted by atomic mass is 19.1. The zero-order valence-corrected chi connectivity index (χ0v) is 6.94. The normalized spacial score (nSPS) is 13.1. The zero-order valence-electron chi connectivity index (χ0n) is 6.94. The molecule has 1 N–H and O–H groups in total. The molecule has 0 aliphatic carbocycles. The average molecular weight is 172 g/mol. The molecule has 0 heterocycles. The molecule has 1 aromatic rings. The van der Waals surface area contributed by atoms with Crippen LogP contribution in [0.15, 0.2) is 12.1 Å². The van der Waals surface area contributed by atoms with Crippen molar-refractivity contribution in [2.75, 3.05) is 0 Å². The number of hydrogen-bond donors (Lipinski definition) is 1. The molecule has 1 atom stereocenters. The van der Waals surface area contributed by atoms with Crippen LogP contribution >= 0.6 is 0 Å². The lowest BCUT2D eigenvalue weighted by atomic mass is 10.1. The van der Waals surface area contributed by atoms with E-state index in [1.165, 1.54) is 19.9 Å². The fourth-order valence-electron chi connectivity index (χ4n) is 1.000. The van der Waals surface area contributed by atoms with Crippen LogP contribution in [0.4, 0.5) is 8.78 Å². The minimum atomic E-state index is -0.899. The Morgan fingerprint density at radius 2 is 1.83 bits per heavy atom. The standard InChI is InChI=1S/C9H10F2O/c1-5-3-7(6(2)12)9(11)4-8(5)10/h3-4,6,12H,1-2H3/t6-/m0/s1. The number of benzene rings is 1. The van der Waals surface area contributed by atoms with Gasteiger partial charge in [-0.15, -0.1) is 0 Å². The molecule has 0 radical (unpaired) electrons. The topological polar surface area (TPSA) is 20.2 Å². The van der Waals surface area contributed by atoms with E-state index in [2.05, 4.69) is 0 Å². The quantitative estimate of drug-likeness (QED) is 0.689.